The van der Waals surface area contributed by atoms with Crippen LogP contribution in [0.25, 0.3) is 0 Å². The van der Waals surface area contributed by atoms with Crippen LogP contribution in [0.15, 0.2) is 78.9 Å². The van der Waals surface area contributed by atoms with E-state index in [-0.39, 0.29) is 11.8 Å². The monoisotopic (exact) mass is 416 g/mol. The molecule has 3 aromatic carbocycles. The van der Waals surface area contributed by atoms with E-state index in [4.69, 9.17) is 4.74 Å². The molecule has 0 fully saturated rings. The third kappa shape index (κ3) is 5.95. The smallest absolute Gasteiger partial charge is 0.259 e. The number of anilines is 2. The highest BCUT2D eigenvalue weighted by Gasteiger charge is 2.16. The highest BCUT2D eigenvalue weighted by molar-refractivity contribution is 6.09. The van der Waals surface area contributed by atoms with Crippen LogP contribution in [0.3, 0.4) is 0 Å². The van der Waals surface area contributed by atoms with Gasteiger partial charge in [0.1, 0.15) is 5.75 Å². The predicted molar refractivity (Wildman–Crippen MR) is 125 cm³/mol. The second kappa shape index (κ2) is 11.0. The van der Waals surface area contributed by atoms with Crippen molar-refractivity contribution in [3.8, 4) is 5.75 Å². The van der Waals surface area contributed by atoms with Crippen LogP contribution in [0.2, 0.25) is 0 Å². The van der Waals surface area contributed by atoms with Crippen molar-refractivity contribution >= 4 is 23.2 Å². The molecule has 0 aliphatic carbocycles. The number of carbonyl (C=O) groups excluding carboxylic acids is 2. The van der Waals surface area contributed by atoms with E-state index in [0.29, 0.717) is 29.2 Å². The van der Waals surface area contributed by atoms with Gasteiger partial charge in [-0.1, -0.05) is 56.2 Å². The minimum Gasteiger partial charge on any atom is -0.493 e. The Morgan fingerprint density at radius 3 is 2.42 bits per heavy atom. The van der Waals surface area contributed by atoms with E-state index in [0.717, 1.165) is 24.9 Å². The zero-order valence-corrected chi connectivity index (χ0v) is 18.0. The van der Waals surface area contributed by atoms with Gasteiger partial charge in [-0.05, 0) is 48.9 Å². The molecule has 0 aliphatic heterocycles. The van der Waals surface area contributed by atoms with Crippen LogP contribution < -0.4 is 15.0 Å². The first kappa shape index (κ1) is 22.1. The fourth-order valence-electron chi connectivity index (χ4n) is 3.21. The van der Waals surface area contributed by atoms with Gasteiger partial charge in [0.25, 0.3) is 11.8 Å². The fraction of sp³-hybridized carbons (Fsp3) is 0.231. The summed E-state index contributed by atoms with van der Waals surface area (Å²) in [6.45, 7) is 2.71. The summed E-state index contributed by atoms with van der Waals surface area (Å²) < 4.78 is 5.82. The topological polar surface area (TPSA) is 58.6 Å². The van der Waals surface area contributed by atoms with E-state index in [2.05, 4.69) is 12.2 Å². The van der Waals surface area contributed by atoms with E-state index < -0.39 is 0 Å². The minimum absolute atomic E-state index is 0.151. The Morgan fingerprint density at radius 2 is 1.65 bits per heavy atom. The van der Waals surface area contributed by atoms with Crippen molar-refractivity contribution < 1.29 is 14.3 Å². The lowest BCUT2D eigenvalue weighted by atomic mass is 10.1. The first-order valence-electron chi connectivity index (χ1n) is 10.6. The second-order valence-electron chi connectivity index (χ2n) is 7.29. The zero-order valence-electron chi connectivity index (χ0n) is 18.0. The van der Waals surface area contributed by atoms with Crippen LogP contribution in [0.5, 0.6) is 5.75 Å². The average Bonchev–Trinajstić information content (AvgIpc) is 2.82. The molecule has 0 atom stereocenters. The lowest BCUT2D eigenvalue weighted by molar-refractivity contribution is 0.0989. The van der Waals surface area contributed by atoms with Crippen LogP contribution in [0.4, 0.5) is 11.4 Å². The molecule has 0 saturated heterocycles. The Bertz CT molecular complexity index is 1020. The number of benzene rings is 3. The quantitative estimate of drug-likeness (QED) is 0.450. The van der Waals surface area contributed by atoms with Crippen LogP contribution in [0, 0.1) is 0 Å². The predicted octanol–water partition coefficient (Wildman–Crippen LogP) is 5.78. The third-order valence-corrected chi connectivity index (χ3v) is 4.95. The van der Waals surface area contributed by atoms with Gasteiger partial charge in [0.05, 0.1) is 12.2 Å². The number of hydrogen-bond acceptors (Lipinski definition) is 3. The maximum Gasteiger partial charge on any atom is 0.259 e. The highest BCUT2D eigenvalue weighted by atomic mass is 16.5. The molecule has 0 spiro atoms. The molecule has 0 bridgehead atoms. The number of nitrogens with one attached hydrogen (secondary N) is 1. The summed E-state index contributed by atoms with van der Waals surface area (Å²) >= 11 is 0. The van der Waals surface area contributed by atoms with E-state index in [1.165, 1.54) is 0 Å². The number of para-hydroxylation sites is 2. The summed E-state index contributed by atoms with van der Waals surface area (Å²) in [6.07, 6.45) is 3.15. The standard InChI is InChI=1S/C26H28N2O3/c1-3-4-10-18-31-24-17-9-8-16-23(24)25(29)27-21-13-11-12-20(19-21)26(30)28(2)22-14-6-5-7-15-22/h5-9,11-17,19H,3-4,10,18H2,1-2H3,(H,27,29). The Kier molecular flexibility index (Phi) is 7.82. The van der Waals surface area contributed by atoms with Crippen molar-refractivity contribution in [3.63, 3.8) is 0 Å². The maximum absolute atomic E-state index is 12.9. The molecule has 0 saturated carbocycles. The summed E-state index contributed by atoms with van der Waals surface area (Å²) in [5, 5.41) is 2.88. The molecule has 2 amide bonds. The summed E-state index contributed by atoms with van der Waals surface area (Å²) in [5.74, 6) is 0.140. The molecular formula is C26H28N2O3. The SMILES string of the molecule is CCCCCOc1ccccc1C(=O)Nc1cccc(C(=O)N(C)c2ccccc2)c1. The number of nitrogens with zero attached hydrogens (tertiary/aromatic N) is 1. The van der Waals surface area contributed by atoms with Gasteiger partial charge in [0, 0.05) is 24.0 Å². The number of carbonyl (C=O) groups is 2. The third-order valence-electron chi connectivity index (χ3n) is 4.95. The second-order valence-corrected chi connectivity index (χ2v) is 7.29. The van der Waals surface area contributed by atoms with Gasteiger partial charge in [-0.3, -0.25) is 9.59 Å². The van der Waals surface area contributed by atoms with Crippen LogP contribution in [-0.2, 0) is 0 Å². The van der Waals surface area contributed by atoms with Gasteiger partial charge in [0.15, 0.2) is 0 Å². The number of rotatable bonds is 9. The molecular weight excluding hydrogens is 388 g/mol. The highest BCUT2D eigenvalue weighted by Crippen LogP contribution is 2.22. The summed E-state index contributed by atoms with van der Waals surface area (Å²) in [4.78, 5) is 27.3. The average molecular weight is 417 g/mol. The number of amides is 2. The van der Waals surface area contributed by atoms with Crippen molar-refractivity contribution in [2.75, 3.05) is 23.9 Å². The lowest BCUT2D eigenvalue weighted by Gasteiger charge is -2.18. The molecule has 5 heteroatoms. The van der Waals surface area contributed by atoms with Crippen molar-refractivity contribution in [2.45, 2.75) is 26.2 Å². The van der Waals surface area contributed by atoms with Gasteiger partial charge >= 0.3 is 0 Å². The number of unbranched alkanes of at least 4 members (excludes halogenated alkanes) is 2. The van der Waals surface area contributed by atoms with Crippen molar-refractivity contribution in [1.29, 1.82) is 0 Å². The van der Waals surface area contributed by atoms with Gasteiger partial charge in [-0.15, -0.1) is 0 Å². The molecule has 0 unspecified atom stereocenters. The molecule has 5 nitrogen and oxygen atoms in total. The Hall–Kier alpha value is -3.60. The molecule has 31 heavy (non-hydrogen) atoms. The van der Waals surface area contributed by atoms with Gasteiger partial charge < -0.3 is 15.0 Å². The molecule has 3 rings (SSSR count). The molecule has 1 N–H and O–H groups in total. The molecule has 0 heterocycles. The largest absolute Gasteiger partial charge is 0.493 e. The molecule has 0 aromatic heterocycles. The molecule has 0 aliphatic rings. The van der Waals surface area contributed by atoms with Crippen molar-refractivity contribution in [2.24, 2.45) is 0 Å². The summed E-state index contributed by atoms with van der Waals surface area (Å²) in [7, 11) is 1.73. The summed E-state index contributed by atoms with van der Waals surface area (Å²) in [5.41, 5.74) is 2.32. The van der Waals surface area contributed by atoms with Crippen molar-refractivity contribution in [3.05, 3.63) is 90.0 Å². The summed E-state index contributed by atoms with van der Waals surface area (Å²) in [6, 6.07) is 23.6. The first-order valence-corrected chi connectivity index (χ1v) is 10.6. The number of ether oxygens (including phenoxy) is 1. The molecule has 160 valence electrons. The van der Waals surface area contributed by atoms with Crippen LogP contribution in [0.1, 0.15) is 46.9 Å². The van der Waals surface area contributed by atoms with Crippen LogP contribution >= 0.6 is 0 Å². The Labute approximate surface area is 183 Å². The molecule has 0 radical (unpaired) electrons. The van der Waals surface area contributed by atoms with Crippen molar-refractivity contribution in [1.82, 2.24) is 0 Å². The number of hydrogen-bond donors (Lipinski definition) is 1. The molecule has 3 aromatic rings. The van der Waals surface area contributed by atoms with E-state index in [1.54, 1.807) is 48.3 Å². The van der Waals surface area contributed by atoms with E-state index >= 15 is 0 Å². The normalized spacial score (nSPS) is 10.4. The Morgan fingerprint density at radius 1 is 0.903 bits per heavy atom. The van der Waals surface area contributed by atoms with Gasteiger partial charge in [-0.2, -0.15) is 0 Å². The van der Waals surface area contributed by atoms with Gasteiger partial charge in [0.2, 0.25) is 0 Å². The van der Waals surface area contributed by atoms with Gasteiger partial charge in [-0.25, -0.2) is 0 Å². The van der Waals surface area contributed by atoms with E-state index in [9.17, 15) is 9.59 Å². The zero-order chi connectivity index (χ0) is 22.1. The lowest BCUT2D eigenvalue weighted by Crippen LogP contribution is -2.26. The fourth-order valence-corrected chi connectivity index (χ4v) is 3.21. The van der Waals surface area contributed by atoms with Crippen LogP contribution in [-0.4, -0.2) is 25.5 Å². The Balaban J connectivity index is 1.71. The maximum atomic E-state index is 12.9. The first-order chi connectivity index (χ1) is 15.1. The minimum atomic E-state index is -0.271. The van der Waals surface area contributed by atoms with E-state index in [1.807, 2.05) is 42.5 Å².